The van der Waals surface area contributed by atoms with Gasteiger partial charge in [0.1, 0.15) is 4.21 Å². The van der Waals surface area contributed by atoms with Gasteiger partial charge in [-0.2, -0.15) is 0 Å². The zero-order valence-corrected chi connectivity index (χ0v) is 16.9. The van der Waals surface area contributed by atoms with Crippen molar-refractivity contribution in [3.63, 3.8) is 0 Å². The summed E-state index contributed by atoms with van der Waals surface area (Å²) < 4.78 is 32.5. The number of rotatable bonds is 6. The molecule has 0 atom stereocenters. The molecule has 0 saturated heterocycles. The first-order valence-electron chi connectivity index (χ1n) is 8.66. The van der Waals surface area contributed by atoms with Crippen molar-refractivity contribution < 1.29 is 27.5 Å². The number of hydrogen-bond acceptors (Lipinski definition) is 7. The quantitative estimate of drug-likeness (QED) is 0.464. The Morgan fingerprint density at radius 1 is 0.933 bits per heavy atom. The van der Waals surface area contributed by atoms with Crippen LogP contribution in [0.4, 0.5) is 5.69 Å². The number of nitrogens with zero attached hydrogens (tertiary/aromatic N) is 1. The fourth-order valence-electron chi connectivity index (χ4n) is 2.92. The van der Waals surface area contributed by atoms with Crippen LogP contribution in [0, 0.1) is 0 Å². The van der Waals surface area contributed by atoms with Gasteiger partial charge in [0.25, 0.3) is 21.8 Å². The van der Waals surface area contributed by atoms with Gasteiger partial charge in [-0.3, -0.25) is 14.3 Å². The average Bonchev–Trinajstić information content (AvgIpc) is 3.36. The van der Waals surface area contributed by atoms with Crippen LogP contribution in [0.5, 0.6) is 0 Å². The van der Waals surface area contributed by atoms with Crippen LogP contribution in [0.3, 0.4) is 0 Å². The number of benzene rings is 2. The van der Waals surface area contributed by atoms with Gasteiger partial charge < -0.3 is 4.74 Å². The average molecular weight is 442 g/mol. The largest absolute Gasteiger partial charge is 0.440 e. The van der Waals surface area contributed by atoms with E-state index in [2.05, 4.69) is 4.72 Å². The predicted molar refractivity (Wildman–Crippen MR) is 109 cm³/mol. The Morgan fingerprint density at radius 3 is 2.20 bits per heavy atom. The molecule has 2 heterocycles. The summed E-state index contributed by atoms with van der Waals surface area (Å²) in [5.74, 6) is -2.00. The molecule has 0 fully saturated rings. The number of carbonyl (C=O) groups is 3. The fourth-order valence-corrected chi connectivity index (χ4v) is 4.99. The SMILES string of the molecule is O=C(OCN1C(=O)c2ccccc2C1=O)c1ccccc1NS(=O)(=O)c1cccs1. The number of ether oxygens (including phenoxy) is 1. The molecule has 4 rings (SSSR count). The van der Waals surface area contributed by atoms with Crippen LogP contribution < -0.4 is 4.72 Å². The van der Waals surface area contributed by atoms with Crippen molar-refractivity contribution in [2.45, 2.75) is 4.21 Å². The number of amides is 2. The van der Waals surface area contributed by atoms with E-state index in [0.717, 1.165) is 16.2 Å². The maximum absolute atomic E-state index is 12.6. The second-order valence-electron chi connectivity index (χ2n) is 6.23. The van der Waals surface area contributed by atoms with Gasteiger partial charge in [0, 0.05) is 0 Å². The van der Waals surface area contributed by atoms with Crippen LogP contribution in [0.25, 0.3) is 0 Å². The van der Waals surface area contributed by atoms with E-state index >= 15 is 0 Å². The molecule has 0 aliphatic carbocycles. The monoisotopic (exact) mass is 442 g/mol. The molecule has 1 aliphatic rings. The first-order valence-corrected chi connectivity index (χ1v) is 11.0. The van der Waals surface area contributed by atoms with E-state index < -0.39 is 34.5 Å². The Bertz CT molecular complexity index is 1220. The van der Waals surface area contributed by atoms with E-state index in [9.17, 15) is 22.8 Å². The molecule has 1 N–H and O–H groups in total. The number of sulfonamides is 1. The molecule has 2 aromatic carbocycles. The molecule has 8 nitrogen and oxygen atoms in total. The number of anilines is 1. The molecule has 0 saturated carbocycles. The maximum Gasteiger partial charge on any atom is 0.342 e. The Hall–Kier alpha value is -3.50. The summed E-state index contributed by atoms with van der Waals surface area (Å²) in [4.78, 5) is 38.1. The third-order valence-electron chi connectivity index (χ3n) is 4.35. The van der Waals surface area contributed by atoms with Gasteiger partial charge in [0.2, 0.25) is 0 Å². The molecule has 3 aromatic rings. The first kappa shape index (κ1) is 19.8. The zero-order chi connectivity index (χ0) is 21.3. The van der Waals surface area contributed by atoms with Crippen LogP contribution in [-0.4, -0.2) is 37.8 Å². The van der Waals surface area contributed by atoms with Crippen molar-refractivity contribution in [2.24, 2.45) is 0 Å². The summed E-state index contributed by atoms with van der Waals surface area (Å²) in [6.45, 7) is -0.586. The summed E-state index contributed by atoms with van der Waals surface area (Å²) in [7, 11) is -3.87. The molecule has 0 radical (unpaired) electrons. The lowest BCUT2D eigenvalue weighted by atomic mass is 10.1. The molecule has 1 aliphatic heterocycles. The van der Waals surface area contributed by atoms with Gasteiger partial charge in [0.15, 0.2) is 6.73 Å². The van der Waals surface area contributed by atoms with Crippen LogP contribution >= 0.6 is 11.3 Å². The van der Waals surface area contributed by atoms with Gasteiger partial charge in [-0.05, 0) is 35.7 Å². The lowest BCUT2D eigenvalue weighted by molar-refractivity contribution is 0.0229. The third-order valence-corrected chi connectivity index (χ3v) is 7.12. The van der Waals surface area contributed by atoms with Gasteiger partial charge in [0.05, 0.1) is 22.4 Å². The van der Waals surface area contributed by atoms with Crippen LogP contribution in [0.1, 0.15) is 31.1 Å². The maximum atomic E-state index is 12.6. The van der Waals surface area contributed by atoms with Gasteiger partial charge in [-0.15, -0.1) is 11.3 Å². The number of hydrogen-bond donors (Lipinski definition) is 1. The third kappa shape index (κ3) is 3.58. The van der Waals surface area contributed by atoms with Gasteiger partial charge >= 0.3 is 5.97 Å². The van der Waals surface area contributed by atoms with Crippen LogP contribution in [0.15, 0.2) is 70.3 Å². The number of imide groups is 1. The number of esters is 1. The lowest BCUT2D eigenvalue weighted by Gasteiger charge is -2.15. The molecule has 0 bridgehead atoms. The predicted octanol–water partition coefficient (Wildman–Crippen LogP) is 2.96. The number of thiophene rings is 1. The second kappa shape index (κ2) is 7.73. The minimum atomic E-state index is -3.87. The number of para-hydroxylation sites is 1. The number of carbonyl (C=O) groups excluding carboxylic acids is 3. The van der Waals surface area contributed by atoms with E-state index in [4.69, 9.17) is 4.74 Å². The molecule has 0 spiro atoms. The van der Waals surface area contributed by atoms with Crippen molar-refractivity contribution in [2.75, 3.05) is 11.5 Å². The highest BCUT2D eigenvalue weighted by Gasteiger charge is 2.36. The van der Waals surface area contributed by atoms with Crippen LogP contribution in [-0.2, 0) is 14.8 Å². The zero-order valence-electron chi connectivity index (χ0n) is 15.3. The summed E-state index contributed by atoms with van der Waals surface area (Å²) in [6, 6.07) is 15.3. The smallest absolute Gasteiger partial charge is 0.342 e. The highest BCUT2D eigenvalue weighted by atomic mass is 32.2. The van der Waals surface area contributed by atoms with E-state index in [1.54, 1.807) is 35.7 Å². The van der Waals surface area contributed by atoms with E-state index in [-0.39, 0.29) is 26.6 Å². The topological polar surface area (TPSA) is 110 Å². The van der Waals surface area contributed by atoms with Crippen molar-refractivity contribution in [3.8, 4) is 0 Å². The van der Waals surface area contributed by atoms with E-state index in [1.165, 1.54) is 30.3 Å². The normalized spacial score (nSPS) is 13.3. The Labute approximate surface area is 175 Å². The van der Waals surface area contributed by atoms with Gasteiger partial charge in [-0.25, -0.2) is 18.1 Å². The lowest BCUT2D eigenvalue weighted by Crippen LogP contribution is -2.33. The minimum absolute atomic E-state index is 0.0262. The van der Waals surface area contributed by atoms with Crippen molar-refractivity contribution in [1.29, 1.82) is 0 Å². The summed E-state index contributed by atoms with van der Waals surface area (Å²) >= 11 is 1.04. The van der Waals surface area contributed by atoms with E-state index in [0.29, 0.717) is 0 Å². The standard InChI is InChI=1S/C20H14N2O6S2/c23-18-13-6-1-2-7-14(13)19(24)22(18)12-28-20(25)15-8-3-4-9-16(15)21-30(26,27)17-10-5-11-29-17/h1-11,21H,12H2. The highest BCUT2D eigenvalue weighted by Crippen LogP contribution is 2.25. The Kier molecular flexibility index (Phi) is 5.10. The van der Waals surface area contributed by atoms with Gasteiger partial charge in [-0.1, -0.05) is 30.3 Å². The molecule has 0 unspecified atom stereocenters. The van der Waals surface area contributed by atoms with E-state index in [1.807, 2.05) is 0 Å². The second-order valence-corrected chi connectivity index (χ2v) is 9.08. The summed E-state index contributed by atoms with van der Waals surface area (Å²) in [6.07, 6.45) is 0. The highest BCUT2D eigenvalue weighted by molar-refractivity contribution is 7.94. The molecular formula is C20H14N2O6S2. The number of nitrogens with one attached hydrogen (secondary N) is 1. The Balaban J connectivity index is 1.50. The summed E-state index contributed by atoms with van der Waals surface area (Å²) in [5, 5.41) is 1.62. The van der Waals surface area contributed by atoms with Crippen molar-refractivity contribution in [1.82, 2.24) is 4.90 Å². The van der Waals surface area contributed by atoms with Crippen molar-refractivity contribution in [3.05, 3.63) is 82.7 Å². The molecule has 10 heteroatoms. The molecular weight excluding hydrogens is 428 g/mol. The van der Waals surface area contributed by atoms with Crippen LogP contribution in [0.2, 0.25) is 0 Å². The number of fused-ring (bicyclic) bond motifs is 1. The minimum Gasteiger partial charge on any atom is -0.440 e. The molecule has 30 heavy (non-hydrogen) atoms. The van der Waals surface area contributed by atoms with Crippen molar-refractivity contribution >= 4 is 44.8 Å². The fraction of sp³-hybridized carbons (Fsp3) is 0.0500. The molecule has 1 aromatic heterocycles. The molecule has 2 amide bonds. The Morgan fingerprint density at radius 2 is 1.57 bits per heavy atom. The summed E-state index contributed by atoms with van der Waals surface area (Å²) in [5.41, 5.74) is 0.456. The first-order chi connectivity index (χ1) is 14.4. The molecule has 152 valence electrons.